The third-order valence-electron chi connectivity index (χ3n) is 1.76. The topological polar surface area (TPSA) is 9.23 Å². The van der Waals surface area contributed by atoms with E-state index in [1.165, 1.54) is 18.4 Å². The maximum Gasteiger partial charge on any atom is 0.0506 e. The van der Waals surface area contributed by atoms with Crippen molar-refractivity contribution in [3.63, 3.8) is 0 Å². The van der Waals surface area contributed by atoms with E-state index in [1.807, 2.05) is 0 Å². The fourth-order valence-corrected chi connectivity index (χ4v) is 1.68. The van der Waals surface area contributed by atoms with Gasteiger partial charge in [0.2, 0.25) is 0 Å². The van der Waals surface area contributed by atoms with Gasteiger partial charge in [-0.05, 0) is 35.2 Å². The van der Waals surface area contributed by atoms with E-state index >= 15 is 0 Å². The molecule has 0 saturated heterocycles. The van der Waals surface area contributed by atoms with E-state index in [-0.39, 0.29) is 0 Å². The Morgan fingerprint density at radius 2 is 2.33 bits per heavy atom. The molecule has 0 spiro atoms. The number of hydrogen-bond donors (Lipinski definition) is 0. The Kier molecular flexibility index (Phi) is 5.04. The van der Waals surface area contributed by atoms with Gasteiger partial charge in [-0.2, -0.15) is 11.3 Å². The number of ether oxygens (including phenoxy) is 1. The van der Waals surface area contributed by atoms with E-state index in [0.29, 0.717) is 0 Å². The maximum absolute atomic E-state index is 5.45. The zero-order chi connectivity index (χ0) is 8.65. The SMILES string of the molecule is CCCCOCCc1ccsc1. The standard InChI is InChI=1S/C10H16OS/c1-2-3-6-11-7-4-10-5-8-12-9-10/h5,8-9H,2-4,6-7H2,1H3. The summed E-state index contributed by atoms with van der Waals surface area (Å²) in [6, 6.07) is 2.16. The Morgan fingerprint density at radius 3 is 3.00 bits per heavy atom. The van der Waals surface area contributed by atoms with Crippen LogP contribution < -0.4 is 0 Å². The van der Waals surface area contributed by atoms with Crippen LogP contribution in [0.25, 0.3) is 0 Å². The summed E-state index contributed by atoms with van der Waals surface area (Å²) in [6.07, 6.45) is 3.47. The zero-order valence-electron chi connectivity index (χ0n) is 7.58. The average Bonchev–Trinajstić information content (AvgIpc) is 2.57. The average molecular weight is 184 g/mol. The van der Waals surface area contributed by atoms with Gasteiger partial charge in [-0.25, -0.2) is 0 Å². The van der Waals surface area contributed by atoms with Crippen LogP contribution in [-0.2, 0) is 11.2 Å². The highest BCUT2D eigenvalue weighted by Gasteiger charge is 1.92. The van der Waals surface area contributed by atoms with Crippen LogP contribution in [0.15, 0.2) is 16.8 Å². The van der Waals surface area contributed by atoms with Gasteiger partial charge < -0.3 is 4.74 Å². The van der Waals surface area contributed by atoms with E-state index in [2.05, 4.69) is 23.8 Å². The maximum atomic E-state index is 5.45. The van der Waals surface area contributed by atoms with Crippen molar-refractivity contribution in [3.8, 4) is 0 Å². The van der Waals surface area contributed by atoms with Crippen LogP contribution in [-0.4, -0.2) is 13.2 Å². The molecule has 0 aliphatic rings. The van der Waals surface area contributed by atoms with Crippen molar-refractivity contribution < 1.29 is 4.74 Å². The molecule has 1 aromatic rings. The molecule has 0 saturated carbocycles. The molecule has 0 N–H and O–H groups in total. The Balaban J connectivity index is 1.96. The second-order valence-corrected chi connectivity index (χ2v) is 3.63. The summed E-state index contributed by atoms with van der Waals surface area (Å²) in [5.74, 6) is 0. The summed E-state index contributed by atoms with van der Waals surface area (Å²) >= 11 is 1.75. The molecule has 0 radical (unpaired) electrons. The normalized spacial score (nSPS) is 10.4. The van der Waals surface area contributed by atoms with Crippen molar-refractivity contribution in [2.24, 2.45) is 0 Å². The molecule has 0 amide bonds. The fourth-order valence-electron chi connectivity index (χ4n) is 0.973. The highest BCUT2D eigenvalue weighted by molar-refractivity contribution is 7.07. The summed E-state index contributed by atoms with van der Waals surface area (Å²) < 4.78 is 5.45. The van der Waals surface area contributed by atoms with Gasteiger partial charge in [-0.3, -0.25) is 0 Å². The van der Waals surface area contributed by atoms with Crippen LogP contribution >= 0.6 is 11.3 Å². The van der Waals surface area contributed by atoms with Crippen LogP contribution in [0.1, 0.15) is 25.3 Å². The number of hydrogen-bond acceptors (Lipinski definition) is 2. The molecule has 1 rings (SSSR count). The fraction of sp³-hybridized carbons (Fsp3) is 0.600. The second kappa shape index (κ2) is 6.21. The predicted molar refractivity (Wildman–Crippen MR) is 53.8 cm³/mol. The largest absolute Gasteiger partial charge is 0.381 e. The van der Waals surface area contributed by atoms with Gasteiger partial charge in [0.1, 0.15) is 0 Å². The number of thiophene rings is 1. The number of rotatable bonds is 6. The minimum atomic E-state index is 0.872. The molecule has 0 aliphatic heterocycles. The van der Waals surface area contributed by atoms with Crippen LogP contribution in [0.5, 0.6) is 0 Å². The summed E-state index contributed by atoms with van der Waals surface area (Å²) in [7, 11) is 0. The first-order valence-electron chi connectivity index (χ1n) is 4.52. The monoisotopic (exact) mass is 184 g/mol. The molecular formula is C10H16OS. The Labute approximate surface area is 78.4 Å². The van der Waals surface area contributed by atoms with E-state index in [0.717, 1.165) is 19.6 Å². The lowest BCUT2D eigenvalue weighted by Crippen LogP contribution is -1.98. The lowest BCUT2D eigenvalue weighted by molar-refractivity contribution is 0.134. The lowest BCUT2D eigenvalue weighted by Gasteiger charge is -2.00. The second-order valence-electron chi connectivity index (χ2n) is 2.85. The molecular weight excluding hydrogens is 168 g/mol. The van der Waals surface area contributed by atoms with Crippen molar-refractivity contribution in [3.05, 3.63) is 22.4 Å². The zero-order valence-corrected chi connectivity index (χ0v) is 8.40. The van der Waals surface area contributed by atoms with Gasteiger partial charge in [0.05, 0.1) is 6.61 Å². The minimum absolute atomic E-state index is 0.872. The Bertz CT molecular complexity index is 182. The smallest absolute Gasteiger partial charge is 0.0506 e. The highest BCUT2D eigenvalue weighted by Crippen LogP contribution is 2.06. The highest BCUT2D eigenvalue weighted by atomic mass is 32.1. The summed E-state index contributed by atoms with van der Waals surface area (Å²) in [6.45, 7) is 3.97. The van der Waals surface area contributed by atoms with Crippen molar-refractivity contribution in [2.75, 3.05) is 13.2 Å². The van der Waals surface area contributed by atoms with E-state index in [9.17, 15) is 0 Å². The third kappa shape index (κ3) is 3.88. The molecule has 0 bridgehead atoms. The summed E-state index contributed by atoms with van der Waals surface area (Å²) in [5.41, 5.74) is 1.40. The van der Waals surface area contributed by atoms with E-state index in [1.54, 1.807) is 11.3 Å². The lowest BCUT2D eigenvalue weighted by atomic mass is 10.2. The first kappa shape index (κ1) is 9.75. The van der Waals surface area contributed by atoms with Gasteiger partial charge in [0.25, 0.3) is 0 Å². The minimum Gasteiger partial charge on any atom is -0.381 e. The Morgan fingerprint density at radius 1 is 1.42 bits per heavy atom. The molecule has 1 heterocycles. The quantitative estimate of drug-likeness (QED) is 0.617. The Hall–Kier alpha value is -0.340. The molecule has 0 fully saturated rings. The van der Waals surface area contributed by atoms with Crippen LogP contribution in [0.3, 0.4) is 0 Å². The summed E-state index contributed by atoms with van der Waals surface area (Å²) in [4.78, 5) is 0. The van der Waals surface area contributed by atoms with Gasteiger partial charge in [0.15, 0.2) is 0 Å². The third-order valence-corrected chi connectivity index (χ3v) is 2.49. The van der Waals surface area contributed by atoms with Crippen molar-refractivity contribution in [2.45, 2.75) is 26.2 Å². The molecule has 12 heavy (non-hydrogen) atoms. The summed E-state index contributed by atoms with van der Waals surface area (Å²) in [5, 5.41) is 4.30. The van der Waals surface area contributed by atoms with Crippen LogP contribution in [0, 0.1) is 0 Å². The molecule has 1 nitrogen and oxygen atoms in total. The van der Waals surface area contributed by atoms with Gasteiger partial charge in [-0.15, -0.1) is 0 Å². The molecule has 0 atom stereocenters. The van der Waals surface area contributed by atoms with Gasteiger partial charge >= 0.3 is 0 Å². The first-order valence-corrected chi connectivity index (χ1v) is 5.46. The van der Waals surface area contributed by atoms with Crippen molar-refractivity contribution in [1.82, 2.24) is 0 Å². The molecule has 0 aromatic carbocycles. The molecule has 0 aliphatic carbocycles. The van der Waals surface area contributed by atoms with Crippen molar-refractivity contribution >= 4 is 11.3 Å². The van der Waals surface area contributed by atoms with Crippen LogP contribution in [0.4, 0.5) is 0 Å². The molecule has 2 heteroatoms. The van der Waals surface area contributed by atoms with Gasteiger partial charge in [0, 0.05) is 6.61 Å². The number of unbranched alkanes of at least 4 members (excludes halogenated alkanes) is 1. The van der Waals surface area contributed by atoms with E-state index < -0.39 is 0 Å². The molecule has 1 aromatic heterocycles. The first-order chi connectivity index (χ1) is 5.93. The van der Waals surface area contributed by atoms with Crippen molar-refractivity contribution in [1.29, 1.82) is 0 Å². The molecule has 68 valence electrons. The predicted octanol–water partition coefficient (Wildman–Crippen LogP) is 3.11. The van der Waals surface area contributed by atoms with E-state index in [4.69, 9.17) is 4.74 Å². The van der Waals surface area contributed by atoms with Crippen LogP contribution in [0.2, 0.25) is 0 Å². The van der Waals surface area contributed by atoms with Gasteiger partial charge in [-0.1, -0.05) is 13.3 Å². The molecule has 0 unspecified atom stereocenters.